The van der Waals surface area contributed by atoms with E-state index in [-0.39, 0.29) is 41.7 Å². The van der Waals surface area contributed by atoms with Crippen LogP contribution in [-0.2, 0) is 19.6 Å². The number of carboxylic acid groups (broad SMARTS) is 1. The number of aliphatic carboxylic acids is 1. The highest BCUT2D eigenvalue weighted by Crippen LogP contribution is 2.34. The molecule has 2 saturated carbocycles. The number of nitrogens with two attached hydrogens (primary N) is 1. The van der Waals surface area contributed by atoms with E-state index in [1.807, 2.05) is 17.0 Å². The average molecular weight is 548 g/mol. The molecule has 10 nitrogen and oxygen atoms in total. The summed E-state index contributed by atoms with van der Waals surface area (Å²) in [5.74, 6) is -0.668. The third-order valence-electron chi connectivity index (χ3n) is 8.17. The molecule has 1 aliphatic heterocycles. The summed E-state index contributed by atoms with van der Waals surface area (Å²) in [6.45, 7) is 1.40. The Kier molecular flexibility index (Phi) is 9.30. The minimum absolute atomic E-state index is 0.0256. The number of rotatable bonds is 12. The Labute approximate surface area is 225 Å². The summed E-state index contributed by atoms with van der Waals surface area (Å²) in [4.78, 5) is 28.4. The van der Waals surface area contributed by atoms with Gasteiger partial charge < -0.3 is 20.6 Å². The van der Waals surface area contributed by atoms with Crippen molar-refractivity contribution >= 4 is 27.9 Å². The fourth-order valence-corrected chi connectivity index (χ4v) is 7.09. The Morgan fingerprint density at radius 2 is 1.79 bits per heavy atom. The number of piperidine rings is 1. The zero-order valence-corrected chi connectivity index (χ0v) is 22.8. The lowest BCUT2D eigenvalue weighted by Crippen LogP contribution is -2.50. The smallest absolute Gasteiger partial charge is 0.305 e. The van der Waals surface area contributed by atoms with Crippen LogP contribution in [-0.4, -0.2) is 72.9 Å². The molecule has 11 heteroatoms. The van der Waals surface area contributed by atoms with Crippen molar-refractivity contribution in [3.8, 4) is 0 Å². The number of hydrogen-bond acceptors (Lipinski definition) is 5. The highest BCUT2D eigenvalue weighted by atomic mass is 32.2. The monoisotopic (exact) mass is 547 g/mol. The Hall–Kier alpha value is -2.66. The van der Waals surface area contributed by atoms with E-state index in [1.165, 1.54) is 12.8 Å². The molecule has 1 aromatic rings. The normalized spacial score (nSPS) is 21.3. The molecular formula is C27H41N5O5S. The summed E-state index contributed by atoms with van der Waals surface area (Å²) in [5, 5.41) is 16.9. The number of carbonyl (C=O) groups is 2. The van der Waals surface area contributed by atoms with E-state index in [0.717, 1.165) is 50.6 Å². The van der Waals surface area contributed by atoms with Gasteiger partial charge >= 0.3 is 5.97 Å². The van der Waals surface area contributed by atoms with E-state index < -0.39 is 22.0 Å². The van der Waals surface area contributed by atoms with E-state index in [2.05, 4.69) is 4.72 Å². The molecule has 38 heavy (non-hydrogen) atoms. The summed E-state index contributed by atoms with van der Waals surface area (Å²) in [6, 6.07) is 5.96. The molecule has 210 valence electrons. The van der Waals surface area contributed by atoms with E-state index in [0.29, 0.717) is 25.3 Å². The van der Waals surface area contributed by atoms with Crippen molar-refractivity contribution < 1.29 is 23.1 Å². The second-order valence-electron chi connectivity index (χ2n) is 11.0. The predicted molar refractivity (Wildman–Crippen MR) is 144 cm³/mol. The van der Waals surface area contributed by atoms with Crippen molar-refractivity contribution in [2.75, 3.05) is 19.6 Å². The molecular weight excluding hydrogens is 506 g/mol. The van der Waals surface area contributed by atoms with Gasteiger partial charge in [0.2, 0.25) is 15.9 Å². The minimum atomic E-state index is -3.97. The van der Waals surface area contributed by atoms with Crippen LogP contribution >= 0.6 is 0 Å². The van der Waals surface area contributed by atoms with E-state index in [1.54, 1.807) is 17.0 Å². The van der Waals surface area contributed by atoms with Gasteiger partial charge in [0.25, 0.3) is 0 Å². The number of hydrogen-bond donors (Lipinski definition) is 4. The summed E-state index contributed by atoms with van der Waals surface area (Å²) in [5.41, 5.74) is 6.83. The molecule has 5 N–H and O–H groups in total. The molecule has 0 unspecified atom stereocenters. The minimum Gasteiger partial charge on any atom is -0.481 e. The fourth-order valence-electron chi connectivity index (χ4n) is 5.86. The van der Waals surface area contributed by atoms with Crippen LogP contribution in [0.4, 0.5) is 0 Å². The van der Waals surface area contributed by atoms with Crippen LogP contribution in [0, 0.1) is 11.3 Å². The molecule has 3 aliphatic rings. The van der Waals surface area contributed by atoms with Crippen molar-refractivity contribution in [3.05, 3.63) is 29.8 Å². The molecule has 0 radical (unpaired) electrons. The first-order valence-electron chi connectivity index (χ1n) is 13.9. The predicted octanol–water partition coefficient (Wildman–Crippen LogP) is 2.84. The topological polar surface area (TPSA) is 157 Å². The molecule has 0 aromatic heterocycles. The molecule has 1 heterocycles. The summed E-state index contributed by atoms with van der Waals surface area (Å²) < 4.78 is 29.5. The molecule has 4 rings (SSSR count). The summed E-state index contributed by atoms with van der Waals surface area (Å²) in [7, 11) is -3.97. The van der Waals surface area contributed by atoms with Gasteiger partial charge in [-0.25, -0.2) is 8.42 Å². The number of carbonyl (C=O) groups excluding carboxylic acids is 1. The second-order valence-corrected chi connectivity index (χ2v) is 12.8. The van der Waals surface area contributed by atoms with Gasteiger partial charge in [0.05, 0.1) is 11.3 Å². The van der Waals surface area contributed by atoms with Gasteiger partial charge in [-0.05, 0) is 80.9 Å². The van der Waals surface area contributed by atoms with Gasteiger partial charge in [0, 0.05) is 25.7 Å². The molecule has 1 aromatic carbocycles. The Balaban J connectivity index is 1.49. The van der Waals surface area contributed by atoms with Gasteiger partial charge in [0.15, 0.2) is 5.96 Å². The zero-order valence-electron chi connectivity index (χ0n) is 22.0. The van der Waals surface area contributed by atoms with Gasteiger partial charge in [-0.1, -0.05) is 25.0 Å². The number of carboxylic acids is 1. The first-order chi connectivity index (χ1) is 18.1. The number of amides is 1. The summed E-state index contributed by atoms with van der Waals surface area (Å²) >= 11 is 0. The van der Waals surface area contributed by atoms with Gasteiger partial charge in [-0.3, -0.25) is 15.0 Å². The molecule has 3 fully saturated rings. The van der Waals surface area contributed by atoms with Crippen molar-refractivity contribution in [2.24, 2.45) is 11.7 Å². The van der Waals surface area contributed by atoms with E-state index >= 15 is 0 Å². The van der Waals surface area contributed by atoms with E-state index in [4.69, 9.17) is 11.1 Å². The standard InChI is InChI=1S/C27H41N5O5S/c28-27(29)31-16-3-4-19(18-31)7-14-24(26(35)32(22-10-11-22)17-15-25(33)34)30-38(36,37)23-12-8-21(9-13-23)20-5-1-2-6-20/h8-9,12-13,19-20,22,24,30H,1-7,10-11,14-18H2,(H3,28,29)(H,33,34)/t19-,24-/m0/s1. The lowest BCUT2D eigenvalue weighted by atomic mass is 9.91. The highest BCUT2D eigenvalue weighted by Gasteiger charge is 2.38. The number of benzene rings is 1. The number of sulfonamides is 1. The first kappa shape index (κ1) is 28.4. The van der Waals surface area contributed by atoms with Crippen molar-refractivity contribution in [1.29, 1.82) is 5.41 Å². The number of guanidine groups is 1. The molecule has 2 atom stereocenters. The largest absolute Gasteiger partial charge is 0.481 e. The van der Waals surface area contributed by atoms with Crippen LogP contribution in [0.5, 0.6) is 0 Å². The lowest BCUT2D eigenvalue weighted by molar-refractivity contribution is -0.139. The van der Waals surface area contributed by atoms with Crippen LogP contribution in [0.3, 0.4) is 0 Å². The van der Waals surface area contributed by atoms with Crippen molar-refractivity contribution in [3.63, 3.8) is 0 Å². The quantitative estimate of drug-likeness (QED) is 0.231. The van der Waals surface area contributed by atoms with Crippen LogP contribution < -0.4 is 10.5 Å². The number of nitrogens with zero attached hydrogens (tertiary/aromatic N) is 2. The Bertz CT molecular complexity index is 1100. The van der Waals surface area contributed by atoms with Crippen molar-refractivity contribution in [1.82, 2.24) is 14.5 Å². The Morgan fingerprint density at radius 1 is 1.11 bits per heavy atom. The third-order valence-corrected chi connectivity index (χ3v) is 9.66. The maximum Gasteiger partial charge on any atom is 0.305 e. The highest BCUT2D eigenvalue weighted by molar-refractivity contribution is 7.89. The fraction of sp³-hybridized carbons (Fsp3) is 0.667. The maximum atomic E-state index is 13.7. The number of nitrogens with one attached hydrogen (secondary N) is 2. The Morgan fingerprint density at radius 3 is 2.39 bits per heavy atom. The molecule has 2 aliphatic carbocycles. The molecule has 1 amide bonds. The van der Waals surface area contributed by atoms with Crippen LogP contribution in [0.1, 0.15) is 82.1 Å². The molecule has 0 spiro atoms. The van der Waals surface area contributed by atoms with Gasteiger partial charge in [-0.15, -0.1) is 0 Å². The second kappa shape index (κ2) is 12.5. The third kappa shape index (κ3) is 7.47. The van der Waals surface area contributed by atoms with Crippen LogP contribution in [0.25, 0.3) is 0 Å². The summed E-state index contributed by atoms with van der Waals surface area (Å²) in [6.07, 6.45) is 8.74. The first-order valence-corrected chi connectivity index (χ1v) is 15.4. The zero-order chi connectivity index (χ0) is 27.3. The number of likely N-dealkylation sites (tertiary alicyclic amines) is 1. The molecule has 1 saturated heterocycles. The molecule has 0 bridgehead atoms. The SMILES string of the molecule is N=C(N)N1CCC[C@@H](CC[C@H](NS(=O)(=O)c2ccc(C3CCCC3)cc2)C(=O)N(CCC(=O)O)C2CC2)C1. The van der Waals surface area contributed by atoms with E-state index in [9.17, 15) is 23.1 Å². The van der Waals surface area contributed by atoms with Crippen LogP contribution in [0.2, 0.25) is 0 Å². The average Bonchev–Trinajstić information content (AvgIpc) is 3.58. The van der Waals surface area contributed by atoms with Crippen LogP contribution in [0.15, 0.2) is 29.2 Å². The lowest BCUT2D eigenvalue weighted by Gasteiger charge is -2.34. The van der Waals surface area contributed by atoms with Gasteiger partial charge in [-0.2, -0.15) is 4.72 Å². The van der Waals surface area contributed by atoms with Gasteiger partial charge in [0.1, 0.15) is 6.04 Å². The maximum absolute atomic E-state index is 13.7. The van der Waals surface area contributed by atoms with Crippen molar-refractivity contribution in [2.45, 2.75) is 93.5 Å².